The van der Waals surface area contributed by atoms with E-state index in [9.17, 15) is 25.6 Å². The molecule has 114 valence electrons. The Labute approximate surface area is 117 Å². The van der Waals surface area contributed by atoms with Crippen molar-refractivity contribution in [2.75, 3.05) is 6.54 Å². The van der Waals surface area contributed by atoms with Gasteiger partial charge in [-0.15, -0.1) is 0 Å². The first-order valence-corrected chi connectivity index (χ1v) is 8.86. The molecule has 0 radical (unpaired) electrons. The second kappa shape index (κ2) is 6.59. The van der Waals surface area contributed by atoms with E-state index < -0.39 is 30.5 Å². The fourth-order valence-electron chi connectivity index (χ4n) is 1.38. The van der Waals surface area contributed by atoms with Crippen LogP contribution in [0.2, 0.25) is 0 Å². The molecule has 0 bridgehead atoms. The van der Waals surface area contributed by atoms with Crippen LogP contribution < -0.4 is 4.72 Å². The fourth-order valence-corrected chi connectivity index (χ4v) is 3.17. The molecule has 0 aromatic heterocycles. The summed E-state index contributed by atoms with van der Waals surface area (Å²) in [6.45, 7) is 2.16. The highest BCUT2D eigenvalue weighted by molar-refractivity contribution is 7.91. The van der Waals surface area contributed by atoms with Gasteiger partial charge in [0.2, 0.25) is 19.9 Å². The number of rotatable bonds is 7. The standard InChI is InChI=1S/C11H15F2NO4S2/c1-2-3-8-14-20(17,18)10-6-4-9(5-7-10)19(15,16)11(12)13/h4-7,11,14H,2-3,8H2,1H3. The molecular formula is C11H15F2NO4S2. The number of hydrogen-bond donors (Lipinski definition) is 1. The first-order chi connectivity index (χ1) is 9.21. The zero-order chi connectivity index (χ0) is 15.4. The Morgan fingerprint density at radius 2 is 1.55 bits per heavy atom. The maximum atomic E-state index is 12.3. The second-order valence-corrected chi connectivity index (χ2v) is 7.71. The summed E-state index contributed by atoms with van der Waals surface area (Å²) in [4.78, 5) is -0.776. The molecule has 0 unspecified atom stereocenters. The van der Waals surface area contributed by atoms with Gasteiger partial charge in [-0.2, -0.15) is 8.78 Å². The third-order valence-electron chi connectivity index (χ3n) is 2.52. The Morgan fingerprint density at radius 3 is 2.00 bits per heavy atom. The summed E-state index contributed by atoms with van der Waals surface area (Å²) in [6, 6.07) is 3.69. The molecular weight excluding hydrogens is 312 g/mol. The first kappa shape index (κ1) is 17.0. The molecule has 1 aromatic rings. The van der Waals surface area contributed by atoms with Gasteiger partial charge in [-0.1, -0.05) is 13.3 Å². The van der Waals surface area contributed by atoms with Crippen LogP contribution in [0.5, 0.6) is 0 Å². The van der Waals surface area contributed by atoms with Crippen LogP contribution in [0.25, 0.3) is 0 Å². The van der Waals surface area contributed by atoms with E-state index in [1.54, 1.807) is 0 Å². The van der Waals surface area contributed by atoms with E-state index in [0.717, 1.165) is 30.7 Å². The maximum Gasteiger partial charge on any atom is 0.341 e. The lowest BCUT2D eigenvalue weighted by atomic mass is 10.3. The van der Waals surface area contributed by atoms with E-state index in [0.29, 0.717) is 6.42 Å². The van der Waals surface area contributed by atoms with Gasteiger partial charge < -0.3 is 0 Å². The van der Waals surface area contributed by atoms with Gasteiger partial charge >= 0.3 is 5.76 Å². The molecule has 1 aromatic carbocycles. The predicted octanol–water partition coefficient (Wildman–Crippen LogP) is 1.76. The zero-order valence-electron chi connectivity index (χ0n) is 10.7. The van der Waals surface area contributed by atoms with Crippen molar-refractivity contribution in [3.05, 3.63) is 24.3 Å². The Balaban J connectivity index is 2.97. The number of unbranched alkanes of at least 4 members (excludes halogenated alkanes) is 1. The molecule has 0 atom stereocenters. The number of benzene rings is 1. The summed E-state index contributed by atoms with van der Waals surface area (Å²) in [5, 5.41) is 0. The lowest BCUT2D eigenvalue weighted by molar-refractivity contribution is 0.234. The monoisotopic (exact) mass is 327 g/mol. The maximum absolute atomic E-state index is 12.3. The van der Waals surface area contributed by atoms with Crippen molar-refractivity contribution >= 4 is 19.9 Å². The quantitative estimate of drug-likeness (QED) is 0.774. The Morgan fingerprint density at radius 1 is 1.05 bits per heavy atom. The summed E-state index contributed by atoms with van der Waals surface area (Å²) in [5.41, 5.74) is 0. The van der Waals surface area contributed by atoms with Crippen LogP contribution in [0.15, 0.2) is 34.1 Å². The van der Waals surface area contributed by atoms with E-state index in [1.165, 1.54) is 0 Å². The largest absolute Gasteiger partial charge is 0.341 e. The molecule has 0 heterocycles. The molecule has 0 amide bonds. The minimum atomic E-state index is -4.71. The Bertz CT molecular complexity index is 640. The van der Waals surface area contributed by atoms with E-state index in [2.05, 4.69) is 4.72 Å². The fraction of sp³-hybridized carbons (Fsp3) is 0.455. The van der Waals surface area contributed by atoms with Crippen molar-refractivity contribution in [3.63, 3.8) is 0 Å². The van der Waals surface area contributed by atoms with Gasteiger partial charge in [0.15, 0.2) is 0 Å². The molecule has 9 heteroatoms. The summed E-state index contributed by atoms with van der Waals surface area (Å²) in [6.07, 6.45) is 1.48. The number of sulfone groups is 1. The highest BCUT2D eigenvalue weighted by atomic mass is 32.2. The molecule has 0 aliphatic heterocycles. The SMILES string of the molecule is CCCCNS(=O)(=O)c1ccc(S(=O)(=O)C(F)F)cc1. The summed E-state index contributed by atoms with van der Waals surface area (Å²) >= 11 is 0. The van der Waals surface area contributed by atoms with Crippen LogP contribution in [-0.2, 0) is 19.9 Å². The third-order valence-corrected chi connectivity index (χ3v) is 5.39. The number of hydrogen-bond acceptors (Lipinski definition) is 4. The molecule has 0 aliphatic rings. The average Bonchev–Trinajstić information content (AvgIpc) is 2.39. The van der Waals surface area contributed by atoms with E-state index in [4.69, 9.17) is 0 Å². The summed E-state index contributed by atoms with van der Waals surface area (Å²) in [7, 11) is -8.46. The third kappa shape index (κ3) is 3.97. The van der Waals surface area contributed by atoms with Crippen molar-refractivity contribution in [2.45, 2.75) is 35.3 Å². The summed E-state index contributed by atoms with van der Waals surface area (Å²) in [5.74, 6) is -3.53. The Kier molecular flexibility index (Phi) is 5.60. The number of sulfonamides is 1. The smallest absolute Gasteiger partial charge is 0.218 e. The molecule has 1 rings (SSSR count). The second-order valence-electron chi connectivity index (χ2n) is 4.03. The molecule has 1 N–H and O–H groups in total. The van der Waals surface area contributed by atoms with Crippen LogP contribution in [0, 0.1) is 0 Å². The lowest BCUT2D eigenvalue weighted by Crippen LogP contribution is -2.24. The van der Waals surface area contributed by atoms with Crippen molar-refractivity contribution in [1.82, 2.24) is 4.72 Å². The van der Waals surface area contributed by atoms with Crippen LogP contribution in [0.3, 0.4) is 0 Å². The molecule has 20 heavy (non-hydrogen) atoms. The van der Waals surface area contributed by atoms with E-state index in [1.807, 2.05) is 6.92 Å². The van der Waals surface area contributed by atoms with E-state index in [-0.39, 0.29) is 11.4 Å². The van der Waals surface area contributed by atoms with Crippen LogP contribution in [-0.4, -0.2) is 29.1 Å². The molecule has 0 fully saturated rings. The van der Waals surface area contributed by atoms with Gasteiger partial charge in [-0.05, 0) is 30.7 Å². The van der Waals surface area contributed by atoms with Crippen molar-refractivity contribution in [2.24, 2.45) is 0 Å². The van der Waals surface area contributed by atoms with Crippen LogP contribution in [0.1, 0.15) is 19.8 Å². The van der Waals surface area contributed by atoms with Crippen LogP contribution in [0.4, 0.5) is 8.78 Å². The van der Waals surface area contributed by atoms with Crippen molar-refractivity contribution < 1.29 is 25.6 Å². The first-order valence-electron chi connectivity index (χ1n) is 5.83. The molecule has 0 aliphatic carbocycles. The van der Waals surface area contributed by atoms with E-state index >= 15 is 0 Å². The minimum absolute atomic E-state index is 0.165. The van der Waals surface area contributed by atoms with Gasteiger partial charge in [0.25, 0.3) is 0 Å². The topological polar surface area (TPSA) is 80.3 Å². The lowest BCUT2D eigenvalue weighted by Gasteiger charge is -2.07. The zero-order valence-corrected chi connectivity index (χ0v) is 12.3. The highest BCUT2D eigenvalue weighted by Gasteiger charge is 2.26. The summed E-state index contributed by atoms with van der Waals surface area (Å²) < 4.78 is 72.9. The Hall–Kier alpha value is -1.06. The number of alkyl halides is 2. The average molecular weight is 327 g/mol. The number of nitrogens with one attached hydrogen (secondary N) is 1. The van der Waals surface area contributed by atoms with Gasteiger partial charge in [0.1, 0.15) is 0 Å². The van der Waals surface area contributed by atoms with Crippen molar-refractivity contribution in [3.8, 4) is 0 Å². The predicted molar refractivity (Wildman–Crippen MR) is 69.7 cm³/mol. The molecule has 0 saturated heterocycles. The highest BCUT2D eigenvalue weighted by Crippen LogP contribution is 2.20. The van der Waals surface area contributed by atoms with Gasteiger partial charge in [0, 0.05) is 6.54 Å². The van der Waals surface area contributed by atoms with Crippen LogP contribution >= 0.6 is 0 Å². The van der Waals surface area contributed by atoms with Crippen molar-refractivity contribution in [1.29, 1.82) is 0 Å². The number of halogens is 2. The molecule has 0 saturated carbocycles. The minimum Gasteiger partial charge on any atom is -0.218 e. The molecule has 5 nitrogen and oxygen atoms in total. The molecule has 0 spiro atoms. The van der Waals surface area contributed by atoms with Gasteiger partial charge in [-0.25, -0.2) is 21.6 Å². The van der Waals surface area contributed by atoms with Gasteiger partial charge in [-0.3, -0.25) is 0 Å². The normalized spacial score (nSPS) is 12.8. The van der Waals surface area contributed by atoms with Gasteiger partial charge in [0.05, 0.1) is 9.79 Å².